The predicted octanol–water partition coefficient (Wildman–Crippen LogP) is 5.97. The van der Waals surface area contributed by atoms with E-state index >= 15 is 0 Å². The summed E-state index contributed by atoms with van der Waals surface area (Å²) >= 11 is 7.90. The number of benzene rings is 1. The molecule has 0 radical (unpaired) electrons. The van der Waals surface area contributed by atoms with Gasteiger partial charge >= 0.3 is 0 Å². The Morgan fingerprint density at radius 1 is 1.14 bits per heavy atom. The van der Waals surface area contributed by atoms with E-state index in [0.29, 0.717) is 5.92 Å². The summed E-state index contributed by atoms with van der Waals surface area (Å²) in [5.74, 6) is 1.56. The van der Waals surface area contributed by atoms with Gasteiger partial charge in [-0.3, -0.25) is 0 Å². The molecule has 1 aromatic heterocycles. The average Bonchev–Trinajstić information content (AvgIpc) is 3.01. The molecule has 1 saturated carbocycles. The minimum atomic E-state index is 0.266. The molecule has 0 N–H and O–H groups in total. The molecule has 1 atom stereocenters. The van der Waals surface area contributed by atoms with Crippen molar-refractivity contribution < 1.29 is 4.74 Å². The molecular formula is C18H21ClOS. The quantitative estimate of drug-likeness (QED) is 0.659. The van der Waals surface area contributed by atoms with Crippen LogP contribution in [0.4, 0.5) is 0 Å². The van der Waals surface area contributed by atoms with Gasteiger partial charge in [-0.15, -0.1) is 11.3 Å². The zero-order valence-electron chi connectivity index (χ0n) is 12.1. The fourth-order valence-corrected chi connectivity index (χ4v) is 4.08. The largest absolute Gasteiger partial charge is 0.490 e. The van der Waals surface area contributed by atoms with Crippen LogP contribution in [0, 0.1) is 5.92 Å². The zero-order valence-corrected chi connectivity index (χ0v) is 13.7. The van der Waals surface area contributed by atoms with Crippen molar-refractivity contribution in [2.75, 3.05) is 0 Å². The molecule has 2 aromatic rings. The Labute approximate surface area is 135 Å². The van der Waals surface area contributed by atoms with Crippen LogP contribution in [0.2, 0.25) is 5.02 Å². The highest BCUT2D eigenvalue weighted by molar-refractivity contribution is 7.09. The second-order valence-electron chi connectivity index (χ2n) is 5.80. The van der Waals surface area contributed by atoms with Crippen molar-refractivity contribution in [3.05, 3.63) is 51.7 Å². The van der Waals surface area contributed by atoms with Crippen LogP contribution < -0.4 is 4.74 Å². The van der Waals surface area contributed by atoms with Gasteiger partial charge in [0.05, 0.1) is 0 Å². The van der Waals surface area contributed by atoms with Gasteiger partial charge in [0.15, 0.2) is 0 Å². The van der Waals surface area contributed by atoms with Gasteiger partial charge in [-0.25, -0.2) is 0 Å². The summed E-state index contributed by atoms with van der Waals surface area (Å²) in [5.41, 5.74) is 0. The average molecular weight is 321 g/mol. The lowest BCUT2D eigenvalue weighted by atomic mass is 9.84. The van der Waals surface area contributed by atoms with Crippen LogP contribution in [0.5, 0.6) is 5.75 Å². The molecule has 0 amide bonds. The lowest BCUT2D eigenvalue weighted by Gasteiger charge is -2.30. The molecule has 1 aliphatic carbocycles. The zero-order chi connectivity index (χ0) is 14.5. The van der Waals surface area contributed by atoms with E-state index in [4.69, 9.17) is 16.3 Å². The predicted molar refractivity (Wildman–Crippen MR) is 90.5 cm³/mol. The van der Waals surface area contributed by atoms with Crippen LogP contribution in [0.15, 0.2) is 41.8 Å². The Morgan fingerprint density at radius 3 is 2.71 bits per heavy atom. The number of rotatable bonds is 5. The van der Waals surface area contributed by atoms with E-state index in [1.54, 1.807) is 0 Å². The fourth-order valence-electron chi connectivity index (χ4n) is 3.15. The molecule has 1 heterocycles. The first-order valence-corrected chi connectivity index (χ1v) is 9.01. The molecule has 0 aliphatic heterocycles. The van der Waals surface area contributed by atoms with Gasteiger partial charge in [0.2, 0.25) is 0 Å². The molecule has 112 valence electrons. The molecule has 0 spiro atoms. The molecule has 3 heteroatoms. The van der Waals surface area contributed by atoms with Gasteiger partial charge in [0.25, 0.3) is 0 Å². The molecule has 3 rings (SSSR count). The monoisotopic (exact) mass is 320 g/mol. The third-order valence-electron chi connectivity index (χ3n) is 4.24. The van der Waals surface area contributed by atoms with Gasteiger partial charge in [-0.05, 0) is 48.4 Å². The summed E-state index contributed by atoms with van der Waals surface area (Å²) in [4.78, 5) is 1.41. The van der Waals surface area contributed by atoms with E-state index in [0.717, 1.165) is 17.2 Å². The number of thiophene rings is 1. The van der Waals surface area contributed by atoms with Crippen LogP contribution in [0.3, 0.4) is 0 Å². The molecular weight excluding hydrogens is 300 g/mol. The Hall–Kier alpha value is -0.990. The normalized spacial score (nSPS) is 17.6. The number of ether oxygens (including phenoxy) is 1. The standard InChI is InChI=1S/C18H21ClOS/c19-15-8-4-9-16(12-15)20-18(13-17-10-5-11-21-17)14-6-2-1-3-7-14/h4-5,8-12,14,18H,1-3,6-7,13H2. The summed E-state index contributed by atoms with van der Waals surface area (Å²) in [6, 6.07) is 12.1. The van der Waals surface area contributed by atoms with Crippen molar-refractivity contribution in [3.63, 3.8) is 0 Å². The highest BCUT2D eigenvalue weighted by Gasteiger charge is 2.26. The van der Waals surface area contributed by atoms with E-state index in [1.165, 1.54) is 37.0 Å². The van der Waals surface area contributed by atoms with Crippen LogP contribution in [0.25, 0.3) is 0 Å². The SMILES string of the molecule is Clc1cccc(OC(Cc2cccs2)C2CCCCC2)c1. The van der Waals surface area contributed by atoms with E-state index in [1.807, 2.05) is 35.6 Å². The van der Waals surface area contributed by atoms with Gasteiger partial charge < -0.3 is 4.74 Å². The summed E-state index contributed by atoms with van der Waals surface area (Å²) in [6.07, 6.45) is 7.90. The summed E-state index contributed by atoms with van der Waals surface area (Å²) in [7, 11) is 0. The van der Waals surface area contributed by atoms with Crippen molar-refractivity contribution in [2.45, 2.75) is 44.6 Å². The molecule has 0 saturated heterocycles. The van der Waals surface area contributed by atoms with Gasteiger partial charge in [-0.1, -0.05) is 43.0 Å². The van der Waals surface area contributed by atoms with Crippen LogP contribution in [-0.4, -0.2) is 6.10 Å². The minimum Gasteiger partial charge on any atom is -0.490 e. The number of halogens is 1. The second kappa shape index (κ2) is 7.33. The maximum Gasteiger partial charge on any atom is 0.121 e. The van der Waals surface area contributed by atoms with Crippen LogP contribution >= 0.6 is 22.9 Å². The molecule has 21 heavy (non-hydrogen) atoms. The van der Waals surface area contributed by atoms with E-state index in [-0.39, 0.29) is 6.10 Å². The van der Waals surface area contributed by atoms with Crippen molar-refractivity contribution in [3.8, 4) is 5.75 Å². The maximum absolute atomic E-state index is 6.33. The van der Waals surface area contributed by atoms with Crippen molar-refractivity contribution in [1.82, 2.24) is 0 Å². The Balaban J connectivity index is 1.74. The van der Waals surface area contributed by atoms with E-state index in [9.17, 15) is 0 Å². The topological polar surface area (TPSA) is 9.23 Å². The fraction of sp³-hybridized carbons (Fsp3) is 0.444. The van der Waals surface area contributed by atoms with Gasteiger partial charge in [0, 0.05) is 16.3 Å². The molecule has 1 nitrogen and oxygen atoms in total. The molecule has 1 unspecified atom stereocenters. The molecule has 0 bridgehead atoms. The highest BCUT2D eigenvalue weighted by atomic mass is 35.5. The number of hydrogen-bond acceptors (Lipinski definition) is 2. The second-order valence-corrected chi connectivity index (χ2v) is 7.26. The summed E-state index contributed by atoms with van der Waals surface area (Å²) in [5, 5.41) is 2.89. The van der Waals surface area contributed by atoms with Crippen molar-refractivity contribution in [1.29, 1.82) is 0 Å². The van der Waals surface area contributed by atoms with Crippen LogP contribution in [0.1, 0.15) is 37.0 Å². The first-order chi connectivity index (χ1) is 10.3. The van der Waals surface area contributed by atoms with Gasteiger partial charge in [0.1, 0.15) is 11.9 Å². The highest BCUT2D eigenvalue weighted by Crippen LogP contribution is 2.32. The third-order valence-corrected chi connectivity index (χ3v) is 5.38. The first kappa shape index (κ1) is 14.9. The first-order valence-electron chi connectivity index (χ1n) is 7.76. The lowest BCUT2D eigenvalue weighted by Crippen LogP contribution is -2.30. The molecule has 1 fully saturated rings. The van der Waals surface area contributed by atoms with Crippen molar-refractivity contribution in [2.24, 2.45) is 5.92 Å². The van der Waals surface area contributed by atoms with Gasteiger partial charge in [-0.2, -0.15) is 0 Å². The number of hydrogen-bond donors (Lipinski definition) is 0. The Bertz CT molecular complexity index is 546. The minimum absolute atomic E-state index is 0.266. The Kier molecular flexibility index (Phi) is 5.21. The van der Waals surface area contributed by atoms with E-state index in [2.05, 4.69) is 17.5 Å². The Morgan fingerprint density at radius 2 is 2.00 bits per heavy atom. The smallest absolute Gasteiger partial charge is 0.121 e. The van der Waals surface area contributed by atoms with Crippen molar-refractivity contribution >= 4 is 22.9 Å². The molecule has 1 aliphatic rings. The van der Waals surface area contributed by atoms with Crippen LogP contribution in [-0.2, 0) is 6.42 Å². The molecule has 1 aromatic carbocycles. The third kappa shape index (κ3) is 4.24. The maximum atomic E-state index is 6.33. The van der Waals surface area contributed by atoms with E-state index < -0.39 is 0 Å². The summed E-state index contributed by atoms with van der Waals surface area (Å²) in [6.45, 7) is 0. The summed E-state index contributed by atoms with van der Waals surface area (Å²) < 4.78 is 6.33. The lowest BCUT2D eigenvalue weighted by molar-refractivity contribution is 0.108.